The van der Waals surface area contributed by atoms with E-state index < -0.39 is 21.0 Å². The maximum Gasteiger partial charge on any atom is 0.186 e. The quantitative estimate of drug-likeness (QED) is 0.852. The fourth-order valence-corrected chi connectivity index (χ4v) is 4.77. The number of ether oxygens (including phenoxy) is 1. The predicted octanol–water partition coefficient (Wildman–Crippen LogP) is 2.55. The second-order valence-electron chi connectivity index (χ2n) is 4.75. The van der Waals surface area contributed by atoms with Gasteiger partial charge in [-0.05, 0) is 25.0 Å². The number of nitrogens with zero attached hydrogens (tertiary/aromatic N) is 1. The van der Waals surface area contributed by atoms with Crippen molar-refractivity contribution < 1.29 is 13.2 Å². The molecule has 2 rings (SSSR count). The first-order valence-electron chi connectivity index (χ1n) is 6.37. The van der Waals surface area contributed by atoms with Crippen LogP contribution in [0.2, 0.25) is 0 Å². The molecule has 0 N–H and O–H groups in total. The summed E-state index contributed by atoms with van der Waals surface area (Å²) in [6.45, 7) is 0. The molecular weight excluding hydrogens is 262 g/mol. The van der Waals surface area contributed by atoms with Gasteiger partial charge in [-0.15, -0.1) is 0 Å². The van der Waals surface area contributed by atoms with E-state index in [1.165, 1.54) is 7.11 Å². The molecule has 0 aliphatic heterocycles. The molecule has 1 fully saturated rings. The van der Waals surface area contributed by atoms with Crippen LogP contribution in [0.3, 0.4) is 0 Å². The summed E-state index contributed by atoms with van der Waals surface area (Å²) in [5.41, 5.74) is 0. The first-order chi connectivity index (χ1) is 9.11. The lowest BCUT2D eigenvalue weighted by Gasteiger charge is -2.27. The molecule has 1 aromatic rings. The van der Waals surface area contributed by atoms with E-state index in [1.54, 1.807) is 24.3 Å². The van der Waals surface area contributed by atoms with E-state index in [-0.39, 0.29) is 4.90 Å². The van der Waals surface area contributed by atoms with Gasteiger partial charge in [0.05, 0.1) is 24.3 Å². The van der Waals surface area contributed by atoms with Crippen LogP contribution < -0.4 is 4.74 Å². The zero-order valence-corrected chi connectivity index (χ0v) is 11.7. The monoisotopic (exact) mass is 279 g/mol. The molecule has 0 heterocycles. The summed E-state index contributed by atoms with van der Waals surface area (Å²) < 4.78 is 30.5. The Labute approximate surface area is 113 Å². The summed E-state index contributed by atoms with van der Waals surface area (Å²) >= 11 is 0. The van der Waals surface area contributed by atoms with Gasteiger partial charge in [-0.3, -0.25) is 0 Å². The summed E-state index contributed by atoms with van der Waals surface area (Å²) in [7, 11) is -2.06. The Kier molecular flexibility index (Phi) is 4.11. The van der Waals surface area contributed by atoms with Gasteiger partial charge in [0.2, 0.25) is 0 Å². The predicted molar refractivity (Wildman–Crippen MR) is 71.5 cm³/mol. The molecule has 1 aliphatic rings. The SMILES string of the molecule is COc1ccccc1S(=O)(=O)C1CCCCC1C#N. The number of hydrogen-bond acceptors (Lipinski definition) is 4. The van der Waals surface area contributed by atoms with Gasteiger partial charge in [0.15, 0.2) is 9.84 Å². The summed E-state index contributed by atoms with van der Waals surface area (Å²) in [4.78, 5) is 0.199. The van der Waals surface area contributed by atoms with Gasteiger partial charge < -0.3 is 4.74 Å². The lowest BCUT2D eigenvalue weighted by molar-refractivity contribution is 0.396. The van der Waals surface area contributed by atoms with Gasteiger partial charge in [0.1, 0.15) is 10.6 Å². The van der Waals surface area contributed by atoms with Crippen molar-refractivity contribution >= 4 is 9.84 Å². The van der Waals surface area contributed by atoms with Crippen LogP contribution >= 0.6 is 0 Å². The van der Waals surface area contributed by atoms with Gasteiger partial charge >= 0.3 is 0 Å². The highest BCUT2D eigenvalue weighted by Gasteiger charge is 2.37. The molecule has 0 amide bonds. The molecule has 1 saturated carbocycles. The van der Waals surface area contributed by atoms with Crippen LogP contribution in [0.1, 0.15) is 25.7 Å². The summed E-state index contributed by atoms with van der Waals surface area (Å²) in [6, 6.07) is 8.75. The number of benzene rings is 1. The fraction of sp³-hybridized carbons (Fsp3) is 0.500. The number of sulfone groups is 1. The molecule has 1 aliphatic carbocycles. The lowest BCUT2D eigenvalue weighted by atomic mass is 9.90. The highest BCUT2D eigenvalue weighted by molar-refractivity contribution is 7.92. The Bertz CT molecular complexity index is 589. The van der Waals surface area contributed by atoms with Crippen LogP contribution in [0, 0.1) is 17.2 Å². The normalized spacial score (nSPS) is 23.6. The summed E-state index contributed by atoms with van der Waals surface area (Å²) in [6.07, 6.45) is 3.00. The standard InChI is InChI=1S/C14H17NO3S/c1-18-12-7-3-5-9-14(12)19(16,17)13-8-4-2-6-11(13)10-15/h3,5,7,9,11,13H,2,4,6,8H2,1H3. The molecule has 0 aromatic heterocycles. The third-order valence-electron chi connectivity index (χ3n) is 3.64. The van der Waals surface area contributed by atoms with Crippen molar-refractivity contribution in [2.75, 3.05) is 7.11 Å². The van der Waals surface area contributed by atoms with Crippen molar-refractivity contribution in [3.63, 3.8) is 0 Å². The Morgan fingerprint density at radius 2 is 1.95 bits per heavy atom. The van der Waals surface area contributed by atoms with E-state index in [1.807, 2.05) is 0 Å². The molecule has 0 saturated heterocycles. The van der Waals surface area contributed by atoms with E-state index in [0.29, 0.717) is 18.6 Å². The van der Waals surface area contributed by atoms with E-state index in [4.69, 9.17) is 10.00 Å². The second-order valence-corrected chi connectivity index (χ2v) is 6.89. The van der Waals surface area contributed by atoms with Gasteiger partial charge in [-0.2, -0.15) is 5.26 Å². The average Bonchev–Trinajstić information content (AvgIpc) is 2.47. The van der Waals surface area contributed by atoms with Gasteiger partial charge in [-0.25, -0.2) is 8.42 Å². The first kappa shape index (κ1) is 13.9. The number of para-hydroxylation sites is 1. The molecule has 0 spiro atoms. The van der Waals surface area contributed by atoms with Crippen LogP contribution in [-0.4, -0.2) is 20.8 Å². The number of methoxy groups -OCH3 is 1. The Hall–Kier alpha value is -1.54. The molecule has 0 bridgehead atoms. The van der Waals surface area contributed by atoms with Crippen LogP contribution in [0.25, 0.3) is 0 Å². The molecule has 4 nitrogen and oxygen atoms in total. The molecule has 2 atom stereocenters. The smallest absolute Gasteiger partial charge is 0.186 e. The molecule has 5 heteroatoms. The number of nitriles is 1. The van der Waals surface area contributed by atoms with Crippen molar-refractivity contribution in [1.29, 1.82) is 5.26 Å². The second kappa shape index (κ2) is 5.62. The molecule has 19 heavy (non-hydrogen) atoms. The zero-order valence-electron chi connectivity index (χ0n) is 10.9. The molecule has 0 radical (unpaired) electrons. The van der Waals surface area contributed by atoms with E-state index >= 15 is 0 Å². The topological polar surface area (TPSA) is 67.2 Å². The average molecular weight is 279 g/mol. The van der Waals surface area contributed by atoms with E-state index in [0.717, 1.165) is 12.8 Å². The minimum absolute atomic E-state index is 0.199. The lowest BCUT2D eigenvalue weighted by Crippen LogP contribution is -2.32. The minimum Gasteiger partial charge on any atom is -0.495 e. The first-order valence-corrected chi connectivity index (χ1v) is 7.92. The highest BCUT2D eigenvalue weighted by Crippen LogP contribution is 2.35. The van der Waals surface area contributed by atoms with Crippen molar-refractivity contribution in [1.82, 2.24) is 0 Å². The minimum atomic E-state index is -3.51. The zero-order chi connectivity index (χ0) is 13.9. The van der Waals surface area contributed by atoms with Crippen LogP contribution in [0.5, 0.6) is 5.75 Å². The maximum absolute atomic E-state index is 12.7. The van der Waals surface area contributed by atoms with Crippen molar-refractivity contribution in [3.8, 4) is 11.8 Å². The Morgan fingerprint density at radius 3 is 2.63 bits per heavy atom. The Balaban J connectivity index is 2.44. The van der Waals surface area contributed by atoms with Crippen molar-refractivity contribution in [2.24, 2.45) is 5.92 Å². The van der Waals surface area contributed by atoms with Gasteiger partial charge in [0, 0.05) is 0 Å². The highest BCUT2D eigenvalue weighted by atomic mass is 32.2. The van der Waals surface area contributed by atoms with Crippen LogP contribution in [0.4, 0.5) is 0 Å². The van der Waals surface area contributed by atoms with Gasteiger partial charge in [-0.1, -0.05) is 25.0 Å². The van der Waals surface area contributed by atoms with E-state index in [2.05, 4.69) is 6.07 Å². The van der Waals surface area contributed by atoms with Crippen molar-refractivity contribution in [3.05, 3.63) is 24.3 Å². The fourth-order valence-electron chi connectivity index (χ4n) is 2.63. The third-order valence-corrected chi connectivity index (χ3v) is 5.95. The van der Waals surface area contributed by atoms with E-state index in [9.17, 15) is 8.42 Å². The van der Waals surface area contributed by atoms with Crippen molar-refractivity contribution in [2.45, 2.75) is 35.8 Å². The molecule has 102 valence electrons. The Morgan fingerprint density at radius 1 is 1.26 bits per heavy atom. The summed E-state index contributed by atoms with van der Waals surface area (Å²) in [5.74, 6) is -0.0616. The maximum atomic E-state index is 12.7. The molecule has 2 unspecified atom stereocenters. The molecule has 1 aromatic carbocycles. The van der Waals surface area contributed by atoms with Crippen LogP contribution in [0.15, 0.2) is 29.2 Å². The number of hydrogen-bond donors (Lipinski definition) is 0. The molecular formula is C14H17NO3S. The summed E-state index contributed by atoms with van der Waals surface area (Å²) in [5, 5.41) is 8.54. The third kappa shape index (κ3) is 2.59. The largest absolute Gasteiger partial charge is 0.495 e. The van der Waals surface area contributed by atoms with Gasteiger partial charge in [0.25, 0.3) is 0 Å². The van der Waals surface area contributed by atoms with Crippen LogP contribution in [-0.2, 0) is 9.84 Å². The number of rotatable bonds is 3.